The molecule has 9 heteroatoms. The molecule has 174 valence electrons. The minimum Gasteiger partial charge on any atom is -0.458 e. The Hall–Kier alpha value is -2.23. The van der Waals surface area contributed by atoms with Crippen molar-refractivity contribution in [2.75, 3.05) is 19.7 Å². The standard InChI is InChI=1S/C22H33NO8/c1-7-13(2)19(26)30-17-9-11-23-10-8-16(18(17)23)12-29-20(27)22(14(3)24,21(5,6)28)31-15(4)25/h7-8,14,17-18,24,28H,9-12H2,1-6H3/b13-7-/t14-,17-,18+,22-/m0/s1. The summed E-state index contributed by atoms with van der Waals surface area (Å²) in [5.74, 6) is -2.28. The van der Waals surface area contributed by atoms with Crippen molar-refractivity contribution in [2.45, 2.75) is 77.4 Å². The minimum absolute atomic E-state index is 0.150. The smallest absolute Gasteiger partial charge is 0.356 e. The van der Waals surface area contributed by atoms with E-state index in [1.54, 1.807) is 19.9 Å². The molecule has 1 saturated heterocycles. The Balaban J connectivity index is 2.16. The molecule has 0 radical (unpaired) electrons. The maximum atomic E-state index is 13.0. The van der Waals surface area contributed by atoms with E-state index >= 15 is 0 Å². The van der Waals surface area contributed by atoms with Gasteiger partial charge < -0.3 is 24.4 Å². The number of carbonyl (C=O) groups excluding carboxylic acids is 3. The van der Waals surface area contributed by atoms with E-state index in [9.17, 15) is 24.6 Å². The maximum absolute atomic E-state index is 13.0. The molecule has 0 aromatic carbocycles. The molecular weight excluding hydrogens is 406 g/mol. The van der Waals surface area contributed by atoms with Gasteiger partial charge in [0.1, 0.15) is 24.4 Å². The maximum Gasteiger partial charge on any atom is 0.356 e. The van der Waals surface area contributed by atoms with E-state index < -0.39 is 29.2 Å². The topological polar surface area (TPSA) is 123 Å². The summed E-state index contributed by atoms with van der Waals surface area (Å²) in [6.07, 6.45) is 2.35. The van der Waals surface area contributed by atoms with Gasteiger partial charge in [-0.05, 0) is 46.6 Å². The molecule has 0 aromatic heterocycles. The molecule has 2 rings (SSSR count). The molecule has 0 bridgehead atoms. The van der Waals surface area contributed by atoms with Gasteiger partial charge in [0, 0.05) is 25.6 Å². The van der Waals surface area contributed by atoms with Crippen molar-refractivity contribution in [3.8, 4) is 0 Å². The molecule has 2 N–H and O–H groups in total. The Morgan fingerprint density at radius 3 is 2.48 bits per heavy atom. The van der Waals surface area contributed by atoms with Crippen LogP contribution in [0.5, 0.6) is 0 Å². The number of fused-ring (bicyclic) bond motifs is 1. The second kappa shape index (κ2) is 9.50. The third-order valence-electron chi connectivity index (χ3n) is 5.90. The van der Waals surface area contributed by atoms with Crippen molar-refractivity contribution < 1.29 is 38.8 Å². The quantitative estimate of drug-likeness (QED) is 0.245. The van der Waals surface area contributed by atoms with Crippen molar-refractivity contribution in [2.24, 2.45) is 0 Å². The second-order valence-corrected chi connectivity index (χ2v) is 8.56. The number of ether oxygens (including phenoxy) is 3. The SMILES string of the molecule is C/C=C(/C)C(=O)O[C@H]1CCN2CC=C(COC(=O)[C@@](OC(C)=O)([C@H](C)O)C(C)(C)O)[C@H]12. The minimum atomic E-state index is -2.29. The van der Waals surface area contributed by atoms with Gasteiger partial charge in [0.25, 0.3) is 5.60 Å². The third kappa shape index (κ3) is 4.99. The summed E-state index contributed by atoms with van der Waals surface area (Å²) in [5, 5.41) is 20.8. The van der Waals surface area contributed by atoms with Crippen LogP contribution in [0.3, 0.4) is 0 Å². The van der Waals surface area contributed by atoms with Crippen LogP contribution >= 0.6 is 0 Å². The predicted octanol–water partition coefficient (Wildman–Crippen LogP) is 0.876. The van der Waals surface area contributed by atoms with Gasteiger partial charge >= 0.3 is 17.9 Å². The Labute approximate surface area is 182 Å². The number of aliphatic hydroxyl groups excluding tert-OH is 1. The van der Waals surface area contributed by atoms with Crippen LogP contribution in [0.1, 0.15) is 48.0 Å². The highest BCUT2D eigenvalue weighted by Crippen LogP contribution is 2.34. The third-order valence-corrected chi connectivity index (χ3v) is 5.90. The van der Waals surface area contributed by atoms with Gasteiger partial charge in [-0.1, -0.05) is 12.2 Å². The van der Waals surface area contributed by atoms with Gasteiger partial charge in [-0.2, -0.15) is 0 Å². The van der Waals surface area contributed by atoms with E-state index in [4.69, 9.17) is 14.2 Å². The predicted molar refractivity (Wildman–Crippen MR) is 111 cm³/mol. The fraction of sp³-hybridized carbons (Fsp3) is 0.682. The van der Waals surface area contributed by atoms with Gasteiger partial charge in [-0.3, -0.25) is 9.69 Å². The zero-order valence-electron chi connectivity index (χ0n) is 19.0. The highest BCUT2D eigenvalue weighted by molar-refractivity contribution is 5.88. The molecule has 1 fully saturated rings. The van der Waals surface area contributed by atoms with Crippen LogP contribution in [0.2, 0.25) is 0 Å². The molecule has 31 heavy (non-hydrogen) atoms. The number of hydrogen-bond acceptors (Lipinski definition) is 9. The average Bonchev–Trinajstić information content (AvgIpc) is 3.25. The van der Waals surface area contributed by atoms with Crippen LogP contribution in [-0.2, 0) is 28.6 Å². The lowest BCUT2D eigenvalue weighted by Gasteiger charge is -2.41. The lowest BCUT2D eigenvalue weighted by Crippen LogP contribution is -2.65. The van der Waals surface area contributed by atoms with E-state index in [2.05, 4.69) is 4.90 Å². The average molecular weight is 440 g/mol. The molecule has 0 aromatic rings. The number of carbonyl (C=O) groups is 3. The summed E-state index contributed by atoms with van der Waals surface area (Å²) in [5.41, 5.74) is -2.93. The van der Waals surface area contributed by atoms with Crippen LogP contribution in [0.15, 0.2) is 23.3 Å². The van der Waals surface area contributed by atoms with Gasteiger partial charge in [0.05, 0.1) is 6.04 Å². The van der Waals surface area contributed by atoms with Crippen LogP contribution < -0.4 is 0 Å². The Morgan fingerprint density at radius 1 is 1.32 bits per heavy atom. The summed E-state index contributed by atoms with van der Waals surface area (Å²) in [4.78, 5) is 38.9. The molecule has 2 aliphatic rings. The van der Waals surface area contributed by atoms with Gasteiger partial charge in [0.15, 0.2) is 0 Å². The fourth-order valence-corrected chi connectivity index (χ4v) is 4.14. The first-order chi connectivity index (χ1) is 14.3. The first-order valence-electron chi connectivity index (χ1n) is 10.4. The van der Waals surface area contributed by atoms with Crippen LogP contribution in [-0.4, -0.2) is 82.2 Å². The zero-order valence-corrected chi connectivity index (χ0v) is 19.0. The number of allylic oxidation sites excluding steroid dienone is 1. The fourth-order valence-electron chi connectivity index (χ4n) is 4.14. The normalized spacial score (nSPS) is 24.6. The number of hydrogen-bond donors (Lipinski definition) is 2. The van der Waals surface area contributed by atoms with E-state index in [0.29, 0.717) is 18.5 Å². The van der Waals surface area contributed by atoms with Gasteiger partial charge in [0.2, 0.25) is 0 Å². The second-order valence-electron chi connectivity index (χ2n) is 8.56. The Kier molecular flexibility index (Phi) is 7.67. The van der Waals surface area contributed by atoms with Crippen LogP contribution in [0.4, 0.5) is 0 Å². The van der Waals surface area contributed by atoms with Crippen molar-refractivity contribution in [3.63, 3.8) is 0 Å². The lowest BCUT2D eigenvalue weighted by molar-refractivity contribution is -0.228. The zero-order chi connectivity index (χ0) is 23.6. The number of esters is 3. The molecule has 0 unspecified atom stereocenters. The molecule has 0 spiro atoms. The molecular formula is C22H33NO8. The largest absolute Gasteiger partial charge is 0.458 e. The molecule has 9 nitrogen and oxygen atoms in total. The number of rotatable bonds is 8. The number of nitrogens with zero attached hydrogens (tertiary/aromatic N) is 1. The molecule has 2 heterocycles. The first kappa shape index (κ1) is 25.0. The van der Waals surface area contributed by atoms with Crippen LogP contribution in [0.25, 0.3) is 0 Å². The monoisotopic (exact) mass is 439 g/mol. The highest BCUT2D eigenvalue weighted by Gasteiger charge is 2.59. The molecule has 0 amide bonds. The van der Waals surface area contributed by atoms with E-state index in [-0.39, 0.29) is 24.7 Å². The first-order valence-corrected chi connectivity index (χ1v) is 10.4. The summed E-state index contributed by atoms with van der Waals surface area (Å²) >= 11 is 0. The Morgan fingerprint density at radius 2 is 1.97 bits per heavy atom. The van der Waals surface area contributed by atoms with E-state index in [1.165, 1.54) is 20.8 Å². The molecule has 0 aliphatic carbocycles. The molecule has 2 aliphatic heterocycles. The van der Waals surface area contributed by atoms with Crippen molar-refractivity contribution in [3.05, 3.63) is 23.3 Å². The summed E-state index contributed by atoms with van der Waals surface area (Å²) < 4.78 is 16.2. The van der Waals surface area contributed by atoms with Crippen molar-refractivity contribution in [1.29, 1.82) is 0 Å². The van der Waals surface area contributed by atoms with E-state index in [1.807, 2.05) is 6.08 Å². The summed E-state index contributed by atoms with van der Waals surface area (Å²) in [6, 6.07) is -0.224. The summed E-state index contributed by atoms with van der Waals surface area (Å²) in [7, 11) is 0. The van der Waals surface area contributed by atoms with Gasteiger partial charge in [-0.25, -0.2) is 9.59 Å². The molecule has 0 saturated carbocycles. The lowest BCUT2D eigenvalue weighted by atomic mass is 9.81. The highest BCUT2D eigenvalue weighted by atomic mass is 16.6. The molecule has 4 atom stereocenters. The van der Waals surface area contributed by atoms with Crippen molar-refractivity contribution in [1.82, 2.24) is 4.90 Å². The van der Waals surface area contributed by atoms with Crippen molar-refractivity contribution >= 4 is 17.9 Å². The Bertz CT molecular complexity index is 779. The van der Waals surface area contributed by atoms with E-state index in [0.717, 1.165) is 19.0 Å². The number of aliphatic hydroxyl groups is 2. The van der Waals surface area contributed by atoms with Gasteiger partial charge in [-0.15, -0.1) is 0 Å². The summed E-state index contributed by atoms with van der Waals surface area (Å²) in [6.45, 7) is 9.51. The van der Waals surface area contributed by atoms with Crippen LogP contribution in [0, 0.1) is 0 Å².